The zero-order valence-electron chi connectivity index (χ0n) is 18.3. The summed E-state index contributed by atoms with van der Waals surface area (Å²) < 4.78 is 3.24. The van der Waals surface area contributed by atoms with Gasteiger partial charge in [0.1, 0.15) is 24.2 Å². The van der Waals surface area contributed by atoms with Gasteiger partial charge in [0.05, 0.1) is 28.1 Å². The molecule has 2 N–H and O–H groups in total. The highest BCUT2D eigenvalue weighted by atomic mass is 32.1. The summed E-state index contributed by atoms with van der Waals surface area (Å²) in [5, 5.41) is 18.8. The van der Waals surface area contributed by atoms with Crippen molar-refractivity contribution in [1.29, 1.82) is 0 Å². The minimum absolute atomic E-state index is 0.0750. The fourth-order valence-corrected chi connectivity index (χ4v) is 5.49. The topological polar surface area (TPSA) is 84.0 Å². The van der Waals surface area contributed by atoms with Crippen molar-refractivity contribution in [3.8, 4) is 0 Å². The van der Waals surface area contributed by atoms with Gasteiger partial charge in [-0.2, -0.15) is 0 Å². The molecule has 0 amide bonds. The molecule has 1 aliphatic rings. The van der Waals surface area contributed by atoms with Gasteiger partial charge in [-0.25, -0.2) is 9.97 Å². The fourth-order valence-electron chi connectivity index (χ4n) is 4.51. The van der Waals surface area contributed by atoms with Crippen molar-refractivity contribution in [1.82, 2.24) is 14.4 Å². The number of thiazole rings is 1. The lowest BCUT2D eigenvalue weighted by molar-refractivity contribution is 0.116. The van der Waals surface area contributed by atoms with Crippen molar-refractivity contribution in [3.05, 3.63) is 59.5 Å². The zero-order chi connectivity index (χ0) is 22.1. The predicted molar refractivity (Wildman–Crippen MR) is 129 cm³/mol. The summed E-state index contributed by atoms with van der Waals surface area (Å²) in [6.07, 6.45) is 6.46. The molecule has 2 atom stereocenters. The van der Waals surface area contributed by atoms with Crippen LogP contribution in [0.5, 0.6) is 0 Å². The number of nitrogens with one attached hydrogen (secondary N) is 1. The van der Waals surface area contributed by atoms with Crippen LogP contribution in [0.3, 0.4) is 0 Å². The summed E-state index contributed by atoms with van der Waals surface area (Å²) in [7, 11) is 1.55. The Hall–Kier alpha value is -2.97. The van der Waals surface area contributed by atoms with Gasteiger partial charge in [0.15, 0.2) is 5.13 Å². The van der Waals surface area contributed by atoms with E-state index in [-0.39, 0.29) is 12.1 Å². The number of aliphatic hydroxyl groups is 1. The molecule has 0 spiro atoms. The summed E-state index contributed by atoms with van der Waals surface area (Å²) in [5.41, 5.74) is 5.62. The third-order valence-electron chi connectivity index (χ3n) is 6.10. The third-order valence-corrected chi connectivity index (χ3v) is 7.05. The van der Waals surface area contributed by atoms with Crippen molar-refractivity contribution in [2.75, 3.05) is 12.4 Å². The number of rotatable bonds is 6. The quantitative estimate of drug-likeness (QED) is 0.331. The largest absolute Gasteiger partial charge is 0.399 e. The van der Waals surface area contributed by atoms with E-state index in [2.05, 4.69) is 33.1 Å². The fraction of sp³-hybridized carbons (Fsp3) is 0.375. The van der Waals surface area contributed by atoms with E-state index < -0.39 is 0 Å². The first-order valence-corrected chi connectivity index (χ1v) is 11.8. The van der Waals surface area contributed by atoms with Crippen molar-refractivity contribution in [3.63, 3.8) is 0 Å². The molecular weight excluding hydrogens is 422 g/mol. The van der Waals surface area contributed by atoms with E-state index in [9.17, 15) is 5.11 Å². The Bertz CT molecular complexity index is 1280. The predicted octanol–water partition coefficient (Wildman–Crippen LogP) is 4.62. The second kappa shape index (κ2) is 8.88. The highest BCUT2D eigenvalue weighted by Crippen LogP contribution is 2.32. The van der Waals surface area contributed by atoms with Crippen LogP contribution >= 0.6 is 11.3 Å². The molecular formula is C24H27N5O2S. The molecule has 32 heavy (non-hydrogen) atoms. The van der Waals surface area contributed by atoms with Gasteiger partial charge in [0.25, 0.3) is 0 Å². The summed E-state index contributed by atoms with van der Waals surface area (Å²) >= 11 is 1.64. The SMILES string of the molecule is CON=C(C)c1nc2ccccn2c1Cc1cccc2sc(NC3CCCCC3O)nc12. The van der Waals surface area contributed by atoms with Crippen molar-refractivity contribution >= 4 is 38.0 Å². The first-order valence-electron chi connectivity index (χ1n) is 11.0. The van der Waals surface area contributed by atoms with E-state index in [0.29, 0.717) is 6.42 Å². The van der Waals surface area contributed by atoms with E-state index in [1.807, 2.05) is 31.3 Å². The Morgan fingerprint density at radius 1 is 1.22 bits per heavy atom. The minimum atomic E-state index is -0.306. The molecule has 4 aromatic rings. The minimum Gasteiger partial charge on any atom is -0.399 e. The molecule has 166 valence electrons. The Morgan fingerprint density at radius 3 is 2.94 bits per heavy atom. The molecule has 3 aromatic heterocycles. The van der Waals surface area contributed by atoms with E-state index in [0.717, 1.165) is 69.3 Å². The van der Waals surface area contributed by atoms with Gasteiger partial charge in [0, 0.05) is 12.6 Å². The van der Waals surface area contributed by atoms with Crippen LogP contribution in [0.1, 0.15) is 49.6 Å². The van der Waals surface area contributed by atoms with Crippen molar-refractivity contribution < 1.29 is 9.94 Å². The highest BCUT2D eigenvalue weighted by molar-refractivity contribution is 7.22. The maximum absolute atomic E-state index is 10.3. The van der Waals surface area contributed by atoms with Crippen LogP contribution in [0, 0.1) is 0 Å². The van der Waals surface area contributed by atoms with E-state index in [4.69, 9.17) is 14.8 Å². The van der Waals surface area contributed by atoms with Crippen LogP contribution in [-0.4, -0.2) is 44.4 Å². The molecule has 0 aliphatic heterocycles. The van der Waals surface area contributed by atoms with Crippen molar-refractivity contribution in [2.24, 2.45) is 5.16 Å². The Kier molecular flexibility index (Phi) is 5.80. The number of nitrogens with zero attached hydrogens (tertiary/aromatic N) is 4. The number of aliphatic hydroxyl groups excluding tert-OH is 1. The number of benzene rings is 1. The van der Waals surface area contributed by atoms with Gasteiger partial charge in [-0.15, -0.1) is 0 Å². The smallest absolute Gasteiger partial charge is 0.184 e. The summed E-state index contributed by atoms with van der Waals surface area (Å²) in [5.74, 6) is 0. The van der Waals surface area contributed by atoms with Crippen LogP contribution < -0.4 is 5.32 Å². The molecule has 1 aliphatic carbocycles. The molecule has 1 fully saturated rings. The van der Waals surface area contributed by atoms with E-state index >= 15 is 0 Å². The third kappa shape index (κ3) is 3.96. The number of hydrogen-bond donors (Lipinski definition) is 2. The molecule has 1 aromatic carbocycles. The molecule has 0 bridgehead atoms. The number of pyridine rings is 1. The number of oxime groups is 1. The highest BCUT2D eigenvalue weighted by Gasteiger charge is 2.24. The van der Waals surface area contributed by atoms with Crippen LogP contribution in [0.4, 0.5) is 5.13 Å². The van der Waals surface area contributed by atoms with Crippen molar-refractivity contribution in [2.45, 2.75) is 51.2 Å². The number of hydrogen-bond acceptors (Lipinski definition) is 7. The zero-order valence-corrected chi connectivity index (χ0v) is 19.1. The number of imidazole rings is 1. The normalized spacial score (nSPS) is 19.5. The second-order valence-corrected chi connectivity index (χ2v) is 9.29. The van der Waals surface area contributed by atoms with Gasteiger partial charge in [-0.05, 0) is 43.5 Å². The lowest BCUT2D eigenvalue weighted by atomic mass is 9.93. The molecule has 8 heteroatoms. The summed E-state index contributed by atoms with van der Waals surface area (Å²) in [6.45, 7) is 1.91. The van der Waals surface area contributed by atoms with Gasteiger partial charge in [0.2, 0.25) is 0 Å². The molecule has 3 heterocycles. The Labute approximate surface area is 190 Å². The Morgan fingerprint density at radius 2 is 2.09 bits per heavy atom. The average molecular weight is 450 g/mol. The molecule has 5 rings (SSSR count). The maximum atomic E-state index is 10.3. The monoisotopic (exact) mass is 449 g/mol. The maximum Gasteiger partial charge on any atom is 0.184 e. The van der Waals surface area contributed by atoms with Gasteiger partial charge < -0.3 is 19.7 Å². The van der Waals surface area contributed by atoms with Gasteiger partial charge >= 0.3 is 0 Å². The molecule has 0 saturated heterocycles. The van der Waals surface area contributed by atoms with Gasteiger partial charge in [-0.3, -0.25) is 0 Å². The van der Waals surface area contributed by atoms with E-state index in [1.54, 1.807) is 18.4 Å². The molecule has 2 unspecified atom stereocenters. The average Bonchev–Trinajstić information content (AvgIpc) is 3.37. The van der Waals surface area contributed by atoms with E-state index in [1.165, 1.54) is 0 Å². The number of fused-ring (bicyclic) bond motifs is 2. The summed E-state index contributed by atoms with van der Waals surface area (Å²) in [6, 6.07) is 12.4. The standard InChI is InChI=1S/C24H27N5O2S/c1-15(28-31-2)22-18(29-13-6-5-12-21(29)26-22)14-16-8-7-11-20-23(16)27-24(32-20)25-17-9-3-4-10-19(17)30/h5-8,11-13,17,19,30H,3-4,9-10,14H2,1-2H3,(H,25,27). The van der Waals surface area contributed by atoms with Crippen LogP contribution in [0.25, 0.3) is 15.9 Å². The second-order valence-electron chi connectivity index (χ2n) is 8.26. The number of para-hydroxylation sites is 1. The molecule has 7 nitrogen and oxygen atoms in total. The van der Waals surface area contributed by atoms with Gasteiger partial charge in [-0.1, -0.05) is 47.5 Å². The Balaban J connectivity index is 1.52. The van der Waals surface area contributed by atoms with Crippen LogP contribution in [0.15, 0.2) is 47.8 Å². The van der Waals surface area contributed by atoms with Crippen LogP contribution in [-0.2, 0) is 11.3 Å². The van der Waals surface area contributed by atoms with Crippen LogP contribution in [0.2, 0.25) is 0 Å². The number of aromatic nitrogens is 3. The summed E-state index contributed by atoms with van der Waals surface area (Å²) in [4.78, 5) is 14.7. The molecule has 0 radical (unpaired) electrons. The first-order chi connectivity index (χ1) is 15.6. The number of anilines is 1. The lowest BCUT2D eigenvalue weighted by Gasteiger charge is -2.28. The molecule has 1 saturated carbocycles. The lowest BCUT2D eigenvalue weighted by Crippen LogP contribution is -2.36. The first kappa shape index (κ1) is 20.9.